The molecule has 2 unspecified atom stereocenters. The van der Waals surface area contributed by atoms with Crippen molar-refractivity contribution < 1.29 is 0 Å². The summed E-state index contributed by atoms with van der Waals surface area (Å²) in [6.45, 7) is 3.93. The van der Waals surface area contributed by atoms with Crippen LogP contribution in [0.4, 0.5) is 0 Å². The maximum absolute atomic E-state index is 5.79. The summed E-state index contributed by atoms with van der Waals surface area (Å²) in [5.41, 5.74) is 7.18. The van der Waals surface area contributed by atoms with Crippen molar-refractivity contribution in [3.8, 4) is 0 Å². The third-order valence-corrected chi connectivity index (χ3v) is 3.39. The molecule has 0 aliphatic heterocycles. The van der Waals surface area contributed by atoms with Gasteiger partial charge in [-0.1, -0.05) is 6.42 Å². The molecule has 0 aromatic carbocycles. The highest BCUT2D eigenvalue weighted by Crippen LogP contribution is 2.38. The summed E-state index contributed by atoms with van der Waals surface area (Å²) in [6, 6.07) is 2.15. The highest BCUT2D eigenvalue weighted by molar-refractivity contribution is 5.11. The Morgan fingerprint density at radius 1 is 1.57 bits per heavy atom. The normalized spacial score (nSPS) is 27.0. The van der Waals surface area contributed by atoms with Crippen LogP contribution < -0.4 is 5.73 Å². The maximum atomic E-state index is 5.79. The molecule has 1 heterocycles. The van der Waals surface area contributed by atoms with Crippen molar-refractivity contribution in [2.24, 2.45) is 11.7 Å². The second-order valence-electron chi connectivity index (χ2n) is 4.11. The highest BCUT2D eigenvalue weighted by Gasteiger charge is 2.29. The molecule has 3 nitrogen and oxygen atoms in total. The van der Waals surface area contributed by atoms with Gasteiger partial charge in [-0.3, -0.25) is 4.68 Å². The Bertz CT molecular complexity index is 292. The molecule has 1 aromatic rings. The van der Waals surface area contributed by atoms with Crippen LogP contribution in [-0.4, -0.2) is 16.3 Å². The van der Waals surface area contributed by atoms with E-state index >= 15 is 0 Å². The molecule has 2 N–H and O–H groups in total. The second-order valence-corrected chi connectivity index (χ2v) is 4.11. The van der Waals surface area contributed by atoms with E-state index in [0.29, 0.717) is 11.8 Å². The fourth-order valence-electron chi connectivity index (χ4n) is 2.63. The number of nitrogens with zero attached hydrogens (tertiary/aromatic N) is 2. The lowest BCUT2D eigenvalue weighted by Crippen LogP contribution is -2.19. The topological polar surface area (TPSA) is 43.8 Å². The van der Waals surface area contributed by atoms with Crippen molar-refractivity contribution in [1.82, 2.24) is 9.78 Å². The average Bonchev–Trinajstić information content (AvgIpc) is 2.85. The van der Waals surface area contributed by atoms with Gasteiger partial charge in [0, 0.05) is 24.4 Å². The molecular weight excluding hydrogens is 174 g/mol. The average molecular weight is 193 g/mol. The minimum absolute atomic E-state index is 0.655. The van der Waals surface area contributed by atoms with Crippen LogP contribution in [0.5, 0.6) is 0 Å². The van der Waals surface area contributed by atoms with E-state index in [2.05, 4.69) is 22.8 Å². The lowest BCUT2D eigenvalue weighted by Gasteiger charge is -2.18. The molecule has 1 fully saturated rings. The Kier molecular flexibility index (Phi) is 2.87. The van der Waals surface area contributed by atoms with Crippen LogP contribution in [0.1, 0.15) is 37.8 Å². The van der Waals surface area contributed by atoms with E-state index in [1.165, 1.54) is 25.0 Å². The van der Waals surface area contributed by atoms with Gasteiger partial charge in [-0.25, -0.2) is 0 Å². The second kappa shape index (κ2) is 4.13. The number of aromatic nitrogens is 2. The molecule has 0 radical (unpaired) electrons. The quantitative estimate of drug-likeness (QED) is 0.794. The predicted molar refractivity (Wildman–Crippen MR) is 57.0 cm³/mol. The van der Waals surface area contributed by atoms with Gasteiger partial charge in [0.15, 0.2) is 0 Å². The molecule has 14 heavy (non-hydrogen) atoms. The van der Waals surface area contributed by atoms with Gasteiger partial charge in [0.25, 0.3) is 0 Å². The van der Waals surface area contributed by atoms with Gasteiger partial charge in [0.1, 0.15) is 0 Å². The first kappa shape index (κ1) is 9.71. The molecule has 2 atom stereocenters. The van der Waals surface area contributed by atoms with Crippen LogP contribution in [0.3, 0.4) is 0 Å². The monoisotopic (exact) mass is 193 g/mol. The van der Waals surface area contributed by atoms with Crippen LogP contribution in [0, 0.1) is 5.92 Å². The Labute approximate surface area is 85.3 Å². The van der Waals surface area contributed by atoms with Crippen molar-refractivity contribution in [3.63, 3.8) is 0 Å². The van der Waals surface area contributed by atoms with Crippen molar-refractivity contribution in [3.05, 3.63) is 18.0 Å². The summed E-state index contributed by atoms with van der Waals surface area (Å²) >= 11 is 0. The van der Waals surface area contributed by atoms with Crippen molar-refractivity contribution in [1.29, 1.82) is 0 Å². The first-order chi connectivity index (χ1) is 6.86. The number of rotatable bonds is 3. The Morgan fingerprint density at radius 3 is 3.14 bits per heavy atom. The zero-order valence-corrected chi connectivity index (χ0v) is 8.82. The van der Waals surface area contributed by atoms with Crippen molar-refractivity contribution in [2.75, 3.05) is 6.54 Å². The third-order valence-electron chi connectivity index (χ3n) is 3.39. The largest absolute Gasteiger partial charge is 0.330 e. The number of hydrogen-bond donors (Lipinski definition) is 1. The predicted octanol–water partition coefficient (Wildman–Crippen LogP) is 1.75. The van der Waals surface area contributed by atoms with E-state index in [1.807, 2.05) is 6.20 Å². The molecule has 0 saturated heterocycles. The maximum Gasteiger partial charge on any atom is 0.0492 e. The van der Waals surface area contributed by atoms with E-state index in [9.17, 15) is 0 Å². The van der Waals surface area contributed by atoms with Crippen LogP contribution in [0.25, 0.3) is 0 Å². The van der Waals surface area contributed by atoms with Crippen molar-refractivity contribution in [2.45, 2.75) is 38.6 Å². The Hall–Kier alpha value is -0.830. The van der Waals surface area contributed by atoms with E-state index in [0.717, 1.165) is 13.1 Å². The standard InChI is InChI=1S/C11H19N3/c1-2-14-11(6-7-13-14)10-5-3-4-9(10)8-12/h6-7,9-10H,2-5,8,12H2,1H3. The first-order valence-corrected chi connectivity index (χ1v) is 5.58. The SMILES string of the molecule is CCn1nccc1C1CCCC1CN. The molecular formula is C11H19N3. The zero-order valence-electron chi connectivity index (χ0n) is 8.82. The summed E-state index contributed by atoms with van der Waals surface area (Å²) in [4.78, 5) is 0. The minimum atomic E-state index is 0.655. The number of aryl methyl sites for hydroxylation is 1. The van der Waals surface area contributed by atoms with E-state index in [1.54, 1.807) is 0 Å². The van der Waals surface area contributed by atoms with Gasteiger partial charge in [-0.05, 0) is 38.3 Å². The first-order valence-electron chi connectivity index (χ1n) is 5.58. The fourth-order valence-corrected chi connectivity index (χ4v) is 2.63. The summed E-state index contributed by atoms with van der Waals surface area (Å²) in [6.07, 6.45) is 5.80. The van der Waals surface area contributed by atoms with Gasteiger partial charge in [0.2, 0.25) is 0 Å². The van der Waals surface area contributed by atoms with Crippen LogP contribution >= 0.6 is 0 Å². The molecule has 1 aliphatic rings. The van der Waals surface area contributed by atoms with Gasteiger partial charge in [-0.2, -0.15) is 5.10 Å². The van der Waals surface area contributed by atoms with Crippen LogP contribution in [0.2, 0.25) is 0 Å². The summed E-state index contributed by atoms with van der Waals surface area (Å²) < 4.78 is 2.11. The summed E-state index contributed by atoms with van der Waals surface area (Å²) in [5.74, 6) is 1.33. The van der Waals surface area contributed by atoms with Gasteiger partial charge in [-0.15, -0.1) is 0 Å². The third kappa shape index (κ3) is 1.57. The fraction of sp³-hybridized carbons (Fsp3) is 0.727. The van der Waals surface area contributed by atoms with Gasteiger partial charge >= 0.3 is 0 Å². The Balaban J connectivity index is 2.21. The van der Waals surface area contributed by atoms with E-state index < -0.39 is 0 Å². The molecule has 1 aliphatic carbocycles. The van der Waals surface area contributed by atoms with E-state index in [4.69, 9.17) is 5.73 Å². The Morgan fingerprint density at radius 2 is 2.43 bits per heavy atom. The summed E-state index contributed by atoms with van der Waals surface area (Å²) in [5, 5.41) is 4.32. The van der Waals surface area contributed by atoms with Gasteiger partial charge < -0.3 is 5.73 Å². The molecule has 3 heteroatoms. The molecule has 1 aromatic heterocycles. The van der Waals surface area contributed by atoms with Crippen molar-refractivity contribution >= 4 is 0 Å². The lowest BCUT2D eigenvalue weighted by molar-refractivity contribution is 0.459. The zero-order chi connectivity index (χ0) is 9.97. The molecule has 0 amide bonds. The molecule has 0 spiro atoms. The number of hydrogen-bond acceptors (Lipinski definition) is 2. The smallest absolute Gasteiger partial charge is 0.0492 e. The minimum Gasteiger partial charge on any atom is -0.330 e. The van der Waals surface area contributed by atoms with Crippen LogP contribution in [0.15, 0.2) is 12.3 Å². The molecule has 0 bridgehead atoms. The summed E-state index contributed by atoms with van der Waals surface area (Å²) in [7, 11) is 0. The van der Waals surface area contributed by atoms with Crippen LogP contribution in [-0.2, 0) is 6.54 Å². The number of nitrogens with two attached hydrogens (primary N) is 1. The van der Waals surface area contributed by atoms with Gasteiger partial charge in [0.05, 0.1) is 0 Å². The van der Waals surface area contributed by atoms with E-state index in [-0.39, 0.29) is 0 Å². The highest BCUT2D eigenvalue weighted by atomic mass is 15.3. The molecule has 1 saturated carbocycles. The molecule has 2 rings (SSSR count). The lowest BCUT2D eigenvalue weighted by atomic mass is 9.93. The molecule has 78 valence electrons.